The Hall–Kier alpha value is -2.70. The molecule has 2 heterocycles. The van der Waals surface area contributed by atoms with E-state index in [0.717, 1.165) is 12.8 Å². The molecule has 6 nitrogen and oxygen atoms in total. The van der Waals surface area contributed by atoms with Gasteiger partial charge in [0.05, 0.1) is 17.8 Å². The number of rotatable bonds is 6. The molecule has 3 rings (SSSR count). The number of benzene rings is 1. The van der Waals surface area contributed by atoms with Gasteiger partial charge < -0.3 is 10.0 Å². The van der Waals surface area contributed by atoms with E-state index in [0.29, 0.717) is 31.5 Å². The quantitative estimate of drug-likeness (QED) is 0.844. The van der Waals surface area contributed by atoms with Gasteiger partial charge in [-0.1, -0.05) is 25.1 Å². The SMILES string of the molecule is CC(CCc1ccccc1F)C(=O)N1CCC(n2cc(C(=O)O)cn2)CC1. The second-order valence-corrected chi connectivity index (χ2v) is 7.10. The van der Waals surface area contributed by atoms with Crippen molar-refractivity contribution >= 4 is 11.9 Å². The summed E-state index contributed by atoms with van der Waals surface area (Å²) in [5.74, 6) is -1.28. The van der Waals surface area contributed by atoms with Gasteiger partial charge in [0.2, 0.25) is 5.91 Å². The van der Waals surface area contributed by atoms with Crippen molar-refractivity contribution in [2.24, 2.45) is 5.92 Å². The fraction of sp³-hybridized carbons (Fsp3) is 0.450. The number of hydrogen-bond donors (Lipinski definition) is 1. The molecule has 2 aromatic rings. The third-order valence-electron chi connectivity index (χ3n) is 5.22. The molecule has 1 aromatic heterocycles. The maximum absolute atomic E-state index is 13.7. The van der Waals surface area contributed by atoms with Crippen LogP contribution >= 0.6 is 0 Å². The van der Waals surface area contributed by atoms with Crippen LogP contribution in [0.1, 0.15) is 48.1 Å². The molecule has 7 heteroatoms. The van der Waals surface area contributed by atoms with Gasteiger partial charge in [-0.2, -0.15) is 5.10 Å². The molecule has 1 atom stereocenters. The van der Waals surface area contributed by atoms with Crippen molar-refractivity contribution in [2.45, 2.75) is 38.6 Å². The maximum Gasteiger partial charge on any atom is 0.338 e. The van der Waals surface area contributed by atoms with Gasteiger partial charge in [0.1, 0.15) is 5.82 Å². The lowest BCUT2D eigenvalue weighted by Crippen LogP contribution is -2.41. The molecule has 1 aliphatic rings. The molecule has 0 radical (unpaired) electrons. The first-order chi connectivity index (χ1) is 13.0. The minimum absolute atomic E-state index is 0.0940. The van der Waals surface area contributed by atoms with Gasteiger partial charge in [-0.25, -0.2) is 9.18 Å². The summed E-state index contributed by atoms with van der Waals surface area (Å²) >= 11 is 0. The van der Waals surface area contributed by atoms with E-state index in [1.807, 2.05) is 11.8 Å². The minimum Gasteiger partial charge on any atom is -0.478 e. The Kier molecular flexibility index (Phi) is 5.88. The molecule has 0 aliphatic carbocycles. The largest absolute Gasteiger partial charge is 0.478 e. The number of amides is 1. The van der Waals surface area contributed by atoms with E-state index in [-0.39, 0.29) is 29.2 Å². The minimum atomic E-state index is -0.988. The predicted octanol–water partition coefficient (Wildman–Crippen LogP) is 3.15. The van der Waals surface area contributed by atoms with Crippen LogP contribution in [0.2, 0.25) is 0 Å². The molecule has 0 bridgehead atoms. The first-order valence-corrected chi connectivity index (χ1v) is 9.25. The zero-order valence-corrected chi connectivity index (χ0v) is 15.3. The summed E-state index contributed by atoms with van der Waals surface area (Å²) in [6.45, 7) is 3.13. The number of aromatic carboxylic acids is 1. The van der Waals surface area contributed by atoms with E-state index >= 15 is 0 Å². The third-order valence-corrected chi connectivity index (χ3v) is 5.22. The van der Waals surface area contributed by atoms with Crippen LogP contribution in [0.3, 0.4) is 0 Å². The van der Waals surface area contributed by atoms with Crippen LogP contribution in [0.25, 0.3) is 0 Å². The van der Waals surface area contributed by atoms with Gasteiger partial charge >= 0.3 is 5.97 Å². The first-order valence-electron chi connectivity index (χ1n) is 9.25. The highest BCUT2D eigenvalue weighted by molar-refractivity contribution is 5.86. The van der Waals surface area contributed by atoms with Crippen LogP contribution in [0.4, 0.5) is 4.39 Å². The molecule has 1 saturated heterocycles. The first kappa shape index (κ1) is 19.1. The van der Waals surface area contributed by atoms with E-state index < -0.39 is 5.97 Å². The highest BCUT2D eigenvalue weighted by Gasteiger charge is 2.27. The summed E-state index contributed by atoms with van der Waals surface area (Å²) in [4.78, 5) is 25.5. The fourth-order valence-corrected chi connectivity index (χ4v) is 3.51. The van der Waals surface area contributed by atoms with E-state index in [1.54, 1.807) is 29.1 Å². The molecule has 1 aromatic carbocycles. The Bertz CT molecular complexity index is 812. The van der Waals surface area contributed by atoms with Crippen LogP contribution in [-0.2, 0) is 11.2 Å². The number of aromatic nitrogens is 2. The molecule has 27 heavy (non-hydrogen) atoms. The number of carboxylic acid groups (broad SMARTS) is 1. The molecule has 0 spiro atoms. The number of hydrogen-bond acceptors (Lipinski definition) is 3. The summed E-state index contributed by atoms with van der Waals surface area (Å²) in [7, 11) is 0. The molecular formula is C20H24FN3O3. The number of likely N-dealkylation sites (tertiary alicyclic amines) is 1. The second kappa shape index (κ2) is 8.33. The van der Waals surface area contributed by atoms with E-state index in [4.69, 9.17) is 5.11 Å². The van der Waals surface area contributed by atoms with Gasteiger partial charge in [0.15, 0.2) is 0 Å². The zero-order valence-electron chi connectivity index (χ0n) is 15.3. The number of aryl methyl sites for hydroxylation is 1. The fourth-order valence-electron chi connectivity index (χ4n) is 3.51. The number of carbonyl (C=O) groups is 2. The van der Waals surface area contributed by atoms with Crippen molar-refractivity contribution in [1.82, 2.24) is 14.7 Å². The Balaban J connectivity index is 1.50. The number of carboxylic acids is 1. The van der Waals surface area contributed by atoms with Crippen molar-refractivity contribution in [3.63, 3.8) is 0 Å². The standard InChI is InChI=1S/C20H24FN3O3/c1-14(6-7-15-4-2-3-5-18(15)21)19(25)23-10-8-17(9-11-23)24-13-16(12-22-24)20(26)27/h2-5,12-14,17H,6-11H2,1H3,(H,26,27). The monoisotopic (exact) mass is 373 g/mol. The molecular weight excluding hydrogens is 349 g/mol. The summed E-state index contributed by atoms with van der Waals surface area (Å²) in [5.41, 5.74) is 0.819. The smallest absolute Gasteiger partial charge is 0.338 e. The second-order valence-electron chi connectivity index (χ2n) is 7.10. The lowest BCUT2D eigenvalue weighted by molar-refractivity contribution is -0.136. The van der Waals surface area contributed by atoms with Gasteiger partial charge in [-0.15, -0.1) is 0 Å². The Morgan fingerprint density at radius 1 is 1.30 bits per heavy atom. The number of carbonyl (C=O) groups excluding carboxylic acids is 1. The molecule has 1 aliphatic heterocycles. The van der Waals surface area contributed by atoms with Crippen LogP contribution < -0.4 is 0 Å². The number of nitrogens with zero attached hydrogens (tertiary/aromatic N) is 3. The summed E-state index contributed by atoms with van der Waals surface area (Å²) in [6.07, 6.45) is 5.54. The highest BCUT2D eigenvalue weighted by atomic mass is 19.1. The molecule has 1 N–H and O–H groups in total. The van der Waals surface area contributed by atoms with Gasteiger partial charge in [0, 0.05) is 25.2 Å². The molecule has 144 valence electrons. The Labute approximate surface area is 157 Å². The third kappa shape index (κ3) is 4.53. The molecule has 1 amide bonds. The van der Waals surface area contributed by atoms with Crippen molar-refractivity contribution in [3.05, 3.63) is 53.6 Å². The van der Waals surface area contributed by atoms with Gasteiger partial charge in [-0.3, -0.25) is 9.48 Å². The van der Waals surface area contributed by atoms with Crippen LogP contribution in [-0.4, -0.2) is 44.8 Å². The van der Waals surface area contributed by atoms with E-state index in [9.17, 15) is 14.0 Å². The Morgan fingerprint density at radius 3 is 2.63 bits per heavy atom. The Morgan fingerprint density at radius 2 is 2.00 bits per heavy atom. The molecule has 0 saturated carbocycles. The summed E-state index contributed by atoms with van der Waals surface area (Å²) < 4.78 is 15.4. The lowest BCUT2D eigenvalue weighted by atomic mass is 9.97. The van der Waals surface area contributed by atoms with Crippen LogP contribution in [0.15, 0.2) is 36.7 Å². The van der Waals surface area contributed by atoms with Crippen molar-refractivity contribution in [2.75, 3.05) is 13.1 Å². The predicted molar refractivity (Wildman–Crippen MR) is 97.9 cm³/mol. The highest BCUT2D eigenvalue weighted by Crippen LogP contribution is 2.24. The van der Waals surface area contributed by atoms with Crippen LogP contribution in [0, 0.1) is 11.7 Å². The van der Waals surface area contributed by atoms with E-state index in [1.165, 1.54) is 12.3 Å². The maximum atomic E-state index is 13.7. The van der Waals surface area contributed by atoms with Crippen LogP contribution in [0.5, 0.6) is 0 Å². The van der Waals surface area contributed by atoms with E-state index in [2.05, 4.69) is 5.10 Å². The molecule has 1 unspecified atom stereocenters. The normalized spacial score (nSPS) is 16.3. The molecule has 1 fully saturated rings. The number of halogens is 1. The zero-order chi connectivity index (χ0) is 19.4. The number of piperidine rings is 1. The van der Waals surface area contributed by atoms with Crippen molar-refractivity contribution in [1.29, 1.82) is 0 Å². The lowest BCUT2D eigenvalue weighted by Gasteiger charge is -2.33. The van der Waals surface area contributed by atoms with Crippen molar-refractivity contribution < 1.29 is 19.1 Å². The van der Waals surface area contributed by atoms with Gasteiger partial charge in [-0.05, 0) is 37.3 Å². The average Bonchev–Trinajstić information content (AvgIpc) is 3.17. The topological polar surface area (TPSA) is 75.4 Å². The summed E-state index contributed by atoms with van der Waals surface area (Å²) in [5, 5.41) is 13.1. The van der Waals surface area contributed by atoms with Gasteiger partial charge in [0.25, 0.3) is 0 Å². The average molecular weight is 373 g/mol. The van der Waals surface area contributed by atoms with Crippen molar-refractivity contribution in [3.8, 4) is 0 Å². The summed E-state index contributed by atoms with van der Waals surface area (Å²) in [6, 6.07) is 6.78.